The summed E-state index contributed by atoms with van der Waals surface area (Å²) in [6.07, 6.45) is 0. The van der Waals surface area contributed by atoms with Gasteiger partial charge in [0.05, 0.1) is 60.6 Å². The highest BCUT2D eigenvalue weighted by Crippen LogP contribution is 2.31. The molecule has 2 saturated heterocycles. The quantitative estimate of drug-likeness (QED) is 0.479. The predicted octanol–water partition coefficient (Wildman–Crippen LogP) is 3.47. The summed E-state index contributed by atoms with van der Waals surface area (Å²) >= 11 is 0. The fraction of sp³-hybridized carbons (Fsp3) is 0.519. The average Bonchev–Trinajstić information content (AvgIpc) is 2.88. The number of hydrogen-bond acceptors (Lipinski definition) is 9. The number of anilines is 2. The van der Waals surface area contributed by atoms with Gasteiger partial charge >= 0.3 is 0 Å². The van der Waals surface area contributed by atoms with Gasteiger partial charge in [-0.25, -0.2) is 13.4 Å². The number of ether oxygens (including phenoxy) is 2. The summed E-state index contributed by atoms with van der Waals surface area (Å²) in [5.74, 6) is 1.52. The zero-order valence-corrected chi connectivity index (χ0v) is 22.7. The third-order valence-corrected chi connectivity index (χ3v) is 9.27. The van der Waals surface area contributed by atoms with E-state index >= 15 is 0 Å². The van der Waals surface area contributed by atoms with Crippen molar-refractivity contribution >= 4 is 32.6 Å². The van der Waals surface area contributed by atoms with Crippen LogP contribution in [0.5, 0.6) is 0 Å². The van der Waals surface area contributed by atoms with Gasteiger partial charge < -0.3 is 19.3 Å². The maximum atomic E-state index is 12.5. The molecular formula is C27H35N5O4S. The van der Waals surface area contributed by atoms with Gasteiger partial charge in [0.15, 0.2) is 15.5 Å². The van der Waals surface area contributed by atoms with E-state index in [1.165, 1.54) is 0 Å². The molecule has 0 aliphatic carbocycles. The highest BCUT2D eigenvalue weighted by atomic mass is 32.2. The number of rotatable bonds is 6. The van der Waals surface area contributed by atoms with E-state index in [1.807, 2.05) is 36.4 Å². The molecule has 2 fully saturated rings. The van der Waals surface area contributed by atoms with Gasteiger partial charge in [-0.05, 0) is 51.5 Å². The first kappa shape index (κ1) is 25.8. The van der Waals surface area contributed by atoms with Crippen molar-refractivity contribution in [1.82, 2.24) is 15.0 Å². The van der Waals surface area contributed by atoms with Crippen molar-refractivity contribution in [3.8, 4) is 11.3 Å². The van der Waals surface area contributed by atoms with Gasteiger partial charge in [0, 0.05) is 18.7 Å². The van der Waals surface area contributed by atoms with Gasteiger partial charge in [0.25, 0.3) is 0 Å². The number of morpholine rings is 2. The molecule has 0 bridgehead atoms. The van der Waals surface area contributed by atoms with E-state index in [9.17, 15) is 8.42 Å². The zero-order valence-electron chi connectivity index (χ0n) is 21.9. The Balaban J connectivity index is 1.59. The van der Waals surface area contributed by atoms with Crippen LogP contribution in [0.2, 0.25) is 0 Å². The Labute approximate surface area is 218 Å². The topological polar surface area (TPSA) is 97.8 Å². The van der Waals surface area contributed by atoms with Crippen LogP contribution in [-0.4, -0.2) is 80.2 Å². The van der Waals surface area contributed by atoms with E-state index in [0.29, 0.717) is 38.0 Å². The molecule has 0 N–H and O–H groups in total. The minimum Gasteiger partial charge on any atom is -0.377 e. The van der Waals surface area contributed by atoms with E-state index in [-0.39, 0.29) is 17.8 Å². The molecule has 1 aromatic carbocycles. The van der Waals surface area contributed by atoms with Crippen molar-refractivity contribution in [3.63, 3.8) is 0 Å². The number of nitrogens with zero attached hydrogens (tertiary/aromatic N) is 5. The van der Waals surface area contributed by atoms with E-state index < -0.39 is 15.1 Å². The normalized spacial score (nSPS) is 21.1. The number of pyridine rings is 1. The van der Waals surface area contributed by atoms with Gasteiger partial charge in [0.1, 0.15) is 5.82 Å². The summed E-state index contributed by atoms with van der Waals surface area (Å²) < 4.78 is 36.3. The molecule has 3 aromatic rings. The van der Waals surface area contributed by atoms with Crippen LogP contribution in [0.1, 0.15) is 33.3 Å². The smallest absolute Gasteiger partial charge is 0.229 e. The molecule has 9 nitrogen and oxygen atoms in total. The predicted molar refractivity (Wildman–Crippen MR) is 146 cm³/mol. The zero-order chi connectivity index (χ0) is 26.2. The summed E-state index contributed by atoms with van der Waals surface area (Å²) in [6, 6.07) is 11.9. The van der Waals surface area contributed by atoms with Crippen LogP contribution in [0.25, 0.3) is 22.3 Å². The molecule has 37 heavy (non-hydrogen) atoms. The van der Waals surface area contributed by atoms with Crippen molar-refractivity contribution in [3.05, 3.63) is 42.0 Å². The van der Waals surface area contributed by atoms with E-state index in [1.54, 1.807) is 13.8 Å². The lowest BCUT2D eigenvalue weighted by Crippen LogP contribution is -2.46. The first-order valence-electron chi connectivity index (χ1n) is 12.9. The third-order valence-electron chi connectivity index (χ3n) is 7.10. The molecule has 198 valence electrons. The summed E-state index contributed by atoms with van der Waals surface area (Å²) in [5.41, 5.74) is 2.98. The number of fused-ring (bicyclic) bond motifs is 1. The second-order valence-corrected chi connectivity index (χ2v) is 12.8. The van der Waals surface area contributed by atoms with Crippen molar-refractivity contribution in [2.75, 3.05) is 49.3 Å². The lowest BCUT2D eigenvalue weighted by molar-refractivity contribution is 0.0973. The summed E-state index contributed by atoms with van der Waals surface area (Å²) in [7, 11) is -3.20. The Kier molecular flexibility index (Phi) is 7.33. The molecule has 0 amide bonds. The summed E-state index contributed by atoms with van der Waals surface area (Å²) in [5, 5.41) is 0.467. The minimum atomic E-state index is -3.20. The Morgan fingerprint density at radius 2 is 1.65 bits per heavy atom. The lowest BCUT2D eigenvalue weighted by Gasteiger charge is -2.37. The van der Waals surface area contributed by atoms with Crippen LogP contribution in [0.3, 0.4) is 0 Å². The highest BCUT2D eigenvalue weighted by Gasteiger charge is 2.27. The van der Waals surface area contributed by atoms with Gasteiger partial charge in [-0.15, -0.1) is 0 Å². The van der Waals surface area contributed by atoms with Crippen LogP contribution in [0.4, 0.5) is 11.8 Å². The summed E-state index contributed by atoms with van der Waals surface area (Å²) in [4.78, 5) is 19.4. The van der Waals surface area contributed by atoms with Crippen LogP contribution in [0, 0.1) is 0 Å². The third kappa shape index (κ3) is 5.42. The second kappa shape index (κ2) is 10.5. The molecular weight excluding hydrogens is 490 g/mol. The van der Waals surface area contributed by atoms with Crippen molar-refractivity contribution in [2.24, 2.45) is 0 Å². The fourth-order valence-corrected chi connectivity index (χ4v) is 5.75. The van der Waals surface area contributed by atoms with Crippen molar-refractivity contribution in [1.29, 1.82) is 0 Å². The first-order chi connectivity index (χ1) is 17.7. The van der Waals surface area contributed by atoms with Gasteiger partial charge in [-0.3, -0.25) is 0 Å². The van der Waals surface area contributed by atoms with Crippen LogP contribution in [-0.2, 0) is 25.1 Å². The number of aromatic nitrogens is 3. The van der Waals surface area contributed by atoms with Gasteiger partial charge in [-0.2, -0.15) is 9.97 Å². The molecule has 2 aromatic heterocycles. The van der Waals surface area contributed by atoms with Crippen LogP contribution in [0.15, 0.2) is 36.4 Å². The van der Waals surface area contributed by atoms with Crippen molar-refractivity contribution in [2.45, 2.75) is 50.8 Å². The largest absolute Gasteiger partial charge is 0.377 e. The Morgan fingerprint density at radius 3 is 2.32 bits per heavy atom. The minimum absolute atomic E-state index is 0.00634. The highest BCUT2D eigenvalue weighted by molar-refractivity contribution is 7.91. The number of benzene rings is 1. The molecule has 5 rings (SSSR count). The summed E-state index contributed by atoms with van der Waals surface area (Å²) in [6.45, 7) is 11.7. The SMILES string of the molecule is CC(C)S(=O)(=O)Cc1cccc(-c2ccc3c(N4CCOC[C@@H]4C)nc(N4CCOC[C@@H]4C)nc3n2)c1. The number of hydrogen-bond donors (Lipinski definition) is 0. The fourth-order valence-electron chi connectivity index (χ4n) is 4.78. The standard InChI is InChI=1S/C27H35N5O4S/c1-18(2)37(33,34)17-21-6-5-7-22(14-21)24-9-8-23-25(28-24)29-27(32-11-13-36-16-20(32)4)30-26(23)31-10-12-35-15-19(31)3/h5-9,14,18-20H,10-13,15-17H2,1-4H3/t19-,20-/m0/s1. The van der Waals surface area contributed by atoms with Crippen LogP contribution < -0.4 is 9.80 Å². The van der Waals surface area contributed by atoms with Gasteiger partial charge in [0.2, 0.25) is 5.95 Å². The molecule has 2 atom stereocenters. The Morgan fingerprint density at radius 1 is 0.946 bits per heavy atom. The molecule has 0 spiro atoms. The number of sulfone groups is 1. The molecule has 2 aliphatic heterocycles. The maximum Gasteiger partial charge on any atom is 0.229 e. The lowest BCUT2D eigenvalue weighted by atomic mass is 10.1. The second-order valence-electron chi connectivity index (χ2n) is 10.2. The van der Waals surface area contributed by atoms with Crippen molar-refractivity contribution < 1.29 is 17.9 Å². The molecule has 10 heteroatoms. The molecule has 0 unspecified atom stereocenters. The van der Waals surface area contributed by atoms with E-state index in [4.69, 9.17) is 24.4 Å². The Bertz CT molecular complexity index is 1380. The van der Waals surface area contributed by atoms with Gasteiger partial charge in [-0.1, -0.05) is 18.2 Å². The molecule has 0 saturated carbocycles. The Hall–Kier alpha value is -2.82. The average molecular weight is 526 g/mol. The maximum absolute atomic E-state index is 12.5. The van der Waals surface area contributed by atoms with E-state index in [0.717, 1.165) is 41.1 Å². The first-order valence-corrected chi connectivity index (χ1v) is 14.6. The molecule has 4 heterocycles. The monoisotopic (exact) mass is 525 g/mol. The molecule has 0 radical (unpaired) electrons. The molecule has 2 aliphatic rings. The van der Waals surface area contributed by atoms with Crippen LogP contribution >= 0.6 is 0 Å². The van der Waals surface area contributed by atoms with E-state index in [2.05, 4.69) is 23.6 Å².